The fourth-order valence-corrected chi connectivity index (χ4v) is 4.40. The molecular formula is C24H19F4N5O2. The van der Waals surface area contributed by atoms with Crippen LogP contribution >= 0.6 is 0 Å². The van der Waals surface area contributed by atoms with Crippen molar-refractivity contribution in [2.24, 2.45) is 0 Å². The van der Waals surface area contributed by atoms with E-state index < -0.39 is 40.8 Å². The molecule has 1 saturated heterocycles. The average Bonchev–Trinajstić information content (AvgIpc) is 3.45. The minimum atomic E-state index is -4.80. The fraction of sp³-hybridized carbons (Fsp3) is 0.208. The zero-order valence-electron chi connectivity index (χ0n) is 18.1. The lowest BCUT2D eigenvalue weighted by atomic mass is 10.0. The number of phenolic OH excluding ortho intramolecular Hbond substituents is 1. The Bertz CT molecular complexity index is 1400. The normalized spacial score (nSPS) is 18.2. The van der Waals surface area contributed by atoms with Gasteiger partial charge >= 0.3 is 6.18 Å². The summed E-state index contributed by atoms with van der Waals surface area (Å²) in [5, 5.41) is 17.3. The number of carbonyl (C=O) groups excluding carboxylic acids is 1. The van der Waals surface area contributed by atoms with Gasteiger partial charge in [-0.25, -0.2) is 13.9 Å². The van der Waals surface area contributed by atoms with Gasteiger partial charge in [-0.3, -0.25) is 4.79 Å². The van der Waals surface area contributed by atoms with E-state index in [1.54, 1.807) is 41.2 Å². The van der Waals surface area contributed by atoms with Gasteiger partial charge in [0.05, 0.1) is 17.2 Å². The van der Waals surface area contributed by atoms with Gasteiger partial charge in [-0.05, 0) is 48.4 Å². The van der Waals surface area contributed by atoms with Gasteiger partial charge in [-0.2, -0.15) is 13.2 Å². The van der Waals surface area contributed by atoms with E-state index in [0.29, 0.717) is 29.5 Å². The van der Waals surface area contributed by atoms with E-state index in [-0.39, 0.29) is 12.6 Å². The van der Waals surface area contributed by atoms with Gasteiger partial charge in [0.25, 0.3) is 5.91 Å². The number of phenols is 1. The van der Waals surface area contributed by atoms with E-state index in [0.717, 1.165) is 12.1 Å². The number of hydrogen-bond acceptors (Lipinski definition) is 5. The van der Waals surface area contributed by atoms with Crippen molar-refractivity contribution in [1.82, 2.24) is 19.9 Å². The molecule has 0 radical (unpaired) electrons. The predicted molar refractivity (Wildman–Crippen MR) is 118 cm³/mol. The van der Waals surface area contributed by atoms with Crippen molar-refractivity contribution in [2.75, 3.05) is 11.4 Å². The molecule has 3 heterocycles. The zero-order valence-corrected chi connectivity index (χ0v) is 18.1. The van der Waals surface area contributed by atoms with Crippen LogP contribution in [0.15, 0.2) is 67.0 Å². The van der Waals surface area contributed by atoms with Crippen LogP contribution in [0.5, 0.6) is 5.75 Å². The van der Waals surface area contributed by atoms with Crippen LogP contribution in [0.4, 0.5) is 23.4 Å². The van der Waals surface area contributed by atoms with Crippen molar-refractivity contribution < 1.29 is 27.5 Å². The largest absolute Gasteiger partial charge is 0.506 e. The van der Waals surface area contributed by atoms with Crippen molar-refractivity contribution in [3.05, 3.63) is 89.5 Å². The number of aromatic nitrogens is 3. The quantitative estimate of drug-likeness (QED) is 0.420. The van der Waals surface area contributed by atoms with Gasteiger partial charge in [0.15, 0.2) is 5.65 Å². The molecule has 1 amide bonds. The summed E-state index contributed by atoms with van der Waals surface area (Å²) in [5.74, 6) is -1.82. The summed E-state index contributed by atoms with van der Waals surface area (Å²) in [6, 6.07) is 11.6. The van der Waals surface area contributed by atoms with E-state index in [1.807, 2.05) is 4.90 Å². The summed E-state index contributed by atoms with van der Waals surface area (Å²) in [4.78, 5) is 18.9. The summed E-state index contributed by atoms with van der Waals surface area (Å²) in [7, 11) is 0. The van der Waals surface area contributed by atoms with Gasteiger partial charge in [0.1, 0.15) is 17.4 Å². The molecule has 4 aromatic rings. The molecule has 0 bridgehead atoms. The Labute approximate surface area is 196 Å². The van der Waals surface area contributed by atoms with E-state index in [1.165, 1.54) is 12.1 Å². The number of aromatic hydroxyl groups is 1. The first-order valence-electron chi connectivity index (χ1n) is 10.7. The highest BCUT2D eigenvalue weighted by molar-refractivity contribution is 5.97. The lowest BCUT2D eigenvalue weighted by Gasteiger charge is -2.25. The number of fused-ring (bicyclic) bond motifs is 1. The van der Waals surface area contributed by atoms with Gasteiger partial charge in [-0.1, -0.05) is 18.2 Å². The second-order valence-corrected chi connectivity index (χ2v) is 8.25. The summed E-state index contributed by atoms with van der Waals surface area (Å²) in [5.41, 5.74) is -0.455. The third-order valence-corrected chi connectivity index (χ3v) is 5.99. The molecule has 0 spiro atoms. The Morgan fingerprint density at radius 1 is 1.11 bits per heavy atom. The molecular weight excluding hydrogens is 466 g/mol. The van der Waals surface area contributed by atoms with Crippen LogP contribution < -0.4 is 10.2 Å². The number of nitrogens with zero attached hydrogens (tertiary/aromatic N) is 4. The average molecular weight is 485 g/mol. The monoisotopic (exact) mass is 485 g/mol. The van der Waals surface area contributed by atoms with Crippen LogP contribution in [0.3, 0.4) is 0 Å². The maximum atomic E-state index is 14.0. The number of rotatable bonds is 4. The lowest BCUT2D eigenvalue weighted by molar-refractivity contribution is -0.138. The summed E-state index contributed by atoms with van der Waals surface area (Å²) in [6.07, 6.45) is -1.17. The number of nitrogens with one attached hydrogen (secondary N) is 1. The number of carbonyl (C=O) groups is 1. The van der Waals surface area contributed by atoms with Gasteiger partial charge < -0.3 is 15.3 Å². The highest BCUT2D eigenvalue weighted by atomic mass is 19.4. The molecule has 2 atom stereocenters. The Hall–Kier alpha value is -4.15. The van der Waals surface area contributed by atoms with Crippen molar-refractivity contribution in [3.8, 4) is 5.75 Å². The highest BCUT2D eigenvalue weighted by Crippen LogP contribution is 2.38. The summed E-state index contributed by atoms with van der Waals surface area (Å²) >= 11 is 0. The molecule has 1 aliphatic rings. The molecule has 7 nitrogen and oxygen atoms in total. The maximum absolute atomic E-state index is 14.0. The number of amides is 1. The Kier molecular flexibility index (Phi) is 5.54. The molecule has 0 unspecified atom stereocenters. The standard InChI is InChI=1S/C24H19F4N5O2/c25-15-4-1-3-14(11-15)19-12-16(13-32(19)21-8-7-20-29-9-10-33(20)31-21)30-23(35)17-5-2-6-18(22(17)34)24(26,27)28/h1-11,16,19,34H,12-13H2,(H,30,35)/t16-,19+/m0/s1. The molecule has 180 valence electrons. The summed E-state index contributed by atoms with van der Waals surface area (Å²) < 4.78 is 55.0. The number of halogens is 4. The third-order valence-electron chi connectivity index (χ3n) is 5.99. The van der Waals surface area contributed by atoms with Crippen LogP contribution in [-0.4, -0.2) is 38.2 Å². The number of hydrogen-bond donors (Lipinski definition) is 2. The SMILES string of the molecule is O=C(N[C@H]1C[C@H](c2cccc(F)c2)N(c2ccc3nccn3n2)C1)c1cccc(C(F)(F)F)c1O. The van der Waals surface area contributed by atoms with E-state index in [4.69, 9.17) is 0 Å². The van der Waals surface area contributed by atoms with Crippen LogP contribution in [0.1, 0.15) is 33.9 Å². The highest BCUT2D eigenvalue weighted by Gasteiger charge is 2.38. The van der Waals surface area contributed by atoms with Gasteiger partial charge in [0.2, 0.25) is 0 Å². The molecule has 1 aliphatic heterocycles. The van der Waals surface area contributed by atoms with Crippen LogP contribution in [-0.2, 0) is 6.18 Å². The number of alkyl halides is 3. The van der Waals surface area contributed by atoms with Gasteiger partial charge in [-0.15, -0.1) is 5.10 Å². The minimum Gasteiger partial charge on any atom is -0.506 e. The molecule has 5 rings (SSSR count). The molecule has 2 aromatic heterocycles. The minimum absolute atomic E-state index is 0.264. The molecule has 1 fully saturated rings. The first kappa shape index (κ1) is 22.6. The maximum Gasteiger partial charge on any atom is 0.419 e. The van der Waals surface area contributed by atoms with Crippen molar-refractivity contribution in [3.63, 3.8) is 0 Å². The van der Waals surface area contributed by atoms with Crippen molar-refractivity contribution in [2.45, 2.75) is 24.7 Å². The van der Waals surface area contributed by atoms with Gasteiger partial charge in [0, 0.05) is 25.0 Å². The second kappa shape index (κ2) is 8.57. The van der Waals surface area contributed by atoms with E-state index in [9.17, 15) is 27.5 Å². The van der Waals surface area contributed by atoms with E-state index >= 15 is 0 Å². The molecule has 11 heteroatoms. The van der Waals surface area contributed by atoms with Crippen LogP contribution in [0, 0.1) is 5.82 Å². The molecule has 35 heavy (non-hydrogen) atoms. The third kappa shape index (κ3) is 4.36. The molecule has 0 saturated carbocycles. The number of imidazole rings is 1. The molecule has 0 aliphatic carbocycles. The zero-order chi connectivity index (χ0) is 24.7. The number of para-hydroxylation sites is 1. The smallest absolute Gasteiger partial charge is 0.419 e. The van der Waals surface area contributed by atoms with Crippen LogP contribution in [0.25, 0.3) is 5.65 Å². The second-order valence-electron chi connectivity index (χ2n) is 8.25. The van der Waals surface area contributed by atoms with Crippen molar-refractivity contribution >= 4 is 17.4 Å². The first-order chi connectivity index (χ1) is 16.7. The predicted octanol–water partition coefficient (Wildman–Crippen LogP) is 4.34. The Morgan fingerprint density at radius 3 is 2.69 bits per heavy atom. The van der Waals surface area contributed by atoms with Crippen molar-refractivity contribution in [1.29, 1.82) is 0 Å². The Balaban J connectivity index is 1.44. The molecule has 2 aromatic carbocycles. The van der Waals surface area contributed by atoms with E-state index in [2.05, 4.69) is 15.4 Å². The number of benzene rings is 2. The molecule has 2 N–H and O–H groups in total. The Morgan fingerprint density at radius 2 is 1.91 bits per heavy atom. The first-order valence-corrected chi connectivity index (χ1v) is 10.7. The van der Waals surface area contributed by atoms with Crippen LogP contribution in [0.2, 0.25) is 0 Å². The summed E-state index contributed by atoms with van der Waals surface area (Å²) in [6.45, 7) is 0.264. The topological polar surface area (TPSA) is 82.8 Å². The lowest BCUT2D eigenvalue weighted by Crippen LogP contribution is -2.37. The number of anilines is 1. The fourth-order valence-electron chi connectivity index (χ4n) is 4.40.